The van der Waals surface area contributed by atoms with Crippen molar-refractivity contribution in [1.82, 2.24) is 10.2 Å². The molecule has 0 bridgehead atoms. The van der Waals surface area contributed by atoms with Crippen LogP contribution in [0.3, 0.4) is 0 Å². The zero-order chi connectivity index (χ0) is 12.9. The zero-order valence-electron chi connectivity index (χ0n) is 11.6. The molecule has 0 unspecified atom stereocenters. The number of carbonyl (C=O) groups excluding carboxylic acids is 1. The molecule has 0 atom stereocenters. The Morgan fingerprint density at radius 3 is 2.47 bits per heavy atom. The third-order valence-electron chi connectivity index (χ3n) is 3.49. The van der Waals surface area contributed by atoms with Crippen molar-refractivity contribution in [3.63, 3.8) is 0 Å². The van der Waals surface area contributed by atoms with Crippen LogP contribution in [0, 0.1) is 5.41 Å². The van der Waals surface area contributed by atoms with E-state index in [2.05, 4.69) is 17.3 Å². The topological polar surface area (TPSA) is 41.6 Å². The fraction of sp³-hybridized carbons (Fsp3) is 0.923. The van der Waals surface area contributed by atoms with Gasteiger partial charge in [-0.05, 0) is 19.9 Å². The van der Waals surface area contributed by atoms with Gasteiger partial charge in [-0.2, -0.15) is 0 Å². The van der Waals surface area contributed by atoms with Crippen LogP contribution < -0.4 is 5.32 Å². The van der Waals surface area contributed by atoms with Crippen molar-refractivity contribution >= 4 is 5.91 Å². The van der Waals surface area contributed by atoms with Gasteiger partial charge in [0.25, 0.3) is 0 Å². The van der Waals surface area contributed by atoms with Crippen molar-refractivity contribution in [2.45, 2.75) is 39.2 Å². The summed E-state index contributed by atoms with van der Waals surface area (Å²) in [7, 11) is 3.82. The fourth-order valence-corrected chi connectivity index (χ4v) is 2.82. The Kier molecular flexibility index (Phi) is 5.40. The van der Waals surface area contributed by atoms with E-state index in [0.717, 1.165) is 0 Å². The first kappa shape index (κ1) is 14.5. The normalized spacial score (nSPS) is 22.1. The van der Waals surface area contributed by atoms with E-state index in [4.69, 9.17) is 4.74 Å². The number of ether oxygens (including phenoxy) is 1. The minimum Gasteiger partial charge on any atom is -0.378 e. The summed E-state index contributed by atoms with van der Waals surface area (Å²) in [6.45, 7) is 7.01. The summed E-state index contributed by atoms with van der Waals surface area (Å²) in [6, 6.07) is 0. The second-order valence-electron chi connectivity index (χ2n) is 5.00. The summed E-state index contributed by atoms with van der Waals surface area (Å²) in [6.07, 6.45) is 3.26. The van der Waals surface area contributed by atoms with E-state index >= 15 is 0 Å². The van der Waals surface area contributed by atoms with Gasteiger partial charge in [-0.3, -0.25) is 4.79 Å². The Balaban J connectivity index is 0.000000686. The predicted octanol–water partition coefficient (Wildman–Crippen LogP) is 1.26. The van der Waals surface area contributed by atoms with Crippen LogP contribution in [-0.2, 0) is 9.53 Å². The Morgan fingerprint density at radius 2 is 2.00 bits per heavy atom. The summed E-state index contributed by atoms with van der Waals surface area (Å²) in [4.78, 5) is 13.3. The molecule has 0 radical (unpaired) electrons. The molecular formula is C13H26N2O2. The summed E-state index contributed by atoms with van der Waals surface area (Å²) in [5, 5.41) is 2.59. The molecule has 1 N–H and O–H groups in total. The molecule has 0 aromatic rings. The third-order valence-corrected chi connectivity index (χ3v) is 3.49. The van der Waals surface area contributed by atoms with Crippen LogP contribution in [0.4, 0.5) is 0 Å². The molecule has 2 rings (SSSR count). The highest BCUT2D eigenvalue weighted by molar-refractivity contribution is 5.75. The molecule has 0 aromatic heterocycles. The van der Waals surface area contributed by atoms with Gasteiger partial charge in [0.15, 0.2) is 0 Å². The van der Waals surface area contributed by atoms with E-state index in [0.29, 0.717) is 24.5 Å². The molecular weight excluding hydrogens is 216 g/mol. The lowest BCUT2D eigenvalue weighted by molar-refractivity contribution is -0.147. The molecule has 2 aliphatic rings. The van der Waals surface area contributed by atoms with E-state index in [1.807, 2.05) is 13.8 Å². The van der Waals surface area contributed by atoms with E-state index in [1.54, 1.807) is 7.05 Å². The van der Waals surface area contributed by atoms with Crippen LogP contribution in [0.1, 0.15) is 33.1 Å². The first-order chi connectivity index (χ1) is 8.13. The van der Waals surface area contributed by atoms with Gasteiger partial charge in [0.05, 0.1) is 12.7 Å². The average Bonchev–Trinajstić information content (AvgIpc) is 2.26. The maximum absolute atomic E-state index is 10.9. The van der Waals surface area contributed by atoms with E-state index < -0.39 is 0 Å². The monoisotopic (exact) mass is 242 g/mol. The second-order valence-corrected chi connectivity index (χ2v) is 5.00. The number of carbonyl (C=O) groups is 1. The zero-order valence-corrected chi connectivity index (χ0v) is 11.6. The molecule has 1 saturated carbocycles. The van der Waals surface area contributed by atoms with Crippen LogP contribution >= 0.6 is 0 Å². The van der Waals surface area contributed by atoms with Gasteiger partial charge >= 0.3 is 0 Å². The number of rotatable bonds is 4. The van der Waals surface area contributed by atoms with Crippen molar-refractivity contribution in [3.05, 3.63) is 0 Å². The van der Waals surface area contributed by atoms with Crippen molar-refractivity contribution in [1.29, 1.82) is 0 Å². The summed E-state index contributed by atoms with van der Waals surface area (Å²) < 4.78 is 5.64. The van der Waals surface area contributed by atoms with Crippen LogP contribution in [0.15, 0.2) is 0 Å². The van der Waals surface area contributed by atoms with Crippen molar-refractivity contribution < 1.29 is 9.53 Å². The van der Waals surface area contributed by atoms with Gasteiger partial charge in [0, 0.05) is 32.0 Å². The summed E-state index contributed by atoms with van der Waals surface area (Å²) in [5.74, 6) is 0.0624. The third kappa shape index (κ3) is 3.68. The molecule has 4 nitrogen and oxygen atoms in total. The van der Waals surface area contributed by atoms with Gasteiger partial charge in [0.1, 0.15) is 0 Å². The number of nitrogens with one attached hydrogen (secondary N) is 1. The van der Waals surface area contributed by atoms with E-state index in [1.165, 1.54) is 25.9 Å². The Morgan fingerprint density at radius 1 is 1.41 bits per heavy atom. The van der Waals surface area contributed by atoms with Gasteiger partial charge in [-0.15, -0.1) is 0 Å². The molecule has 1 saturated heterocycles. The average molecular weight is 242 g/mol. The van der Waals surface area contributed by atoms with E-state index in [9.17, 15) is 4.79 Å². The smallest absolute Gasteiger partial charge is 0.222 e. The molecule has 1 aliphatic carbocycles. The highest BCUT2D eigenvalue weighted by atomic mass is 16.5. The maximum atomic E-state index is 10.9. The first-order valence-corrected chi connectivity index (χ1v) is 6.64. The van der Waals surface area contributed by atoms with E-state index in [-0.39, 0.29) is 5.91 Å². The number of hydrogen-bond acceptors (Lipinski definition) is 3. The lowest BCUT2D eigenvalue weighted by Gasteiger charge is -2.57. The van der Waals surface area contributed by atoms with Gasteiger partial charge in [-0.1, -0.05) is 13.8 Å². The highest BCUT2D eigenvalue weighted by Gasteiger charge is 2.51. The minimum absolute atomic E-state index is 0.0624. The number of hydrogen-bond donors (Lipinski definition) is 1. The van der Waals surface area contributed by atoms with Gasteiger partial charge < -0.3 is 15.0 Å². The predicted molar refractivity (Wildman–Crippen MR) is 68.9 cm³/mol. The quantitative estimate of drug-likeness (QED) is 0.807. The van der Waals surface area contributed by atoms with Gasteiger partial charge in [-0.25, -0.2) is 0 Å². The highest BCUT2D eigenvalue weighted by Crippen LogP contribution is 2.48. The standard InChI is InChI=1S/C11H20N2O2.C2H6/c1-12-10(14)3-4-15-9-5-11(6-9)7-13(2)8-11;1-2/h9H,3-8H2,1-2H3,(H,12,14);1-2H3. The van der Waals surface area contributed by atoms with Crippen molar-refractivity contribution in [3.8, 4) is 0 Å². The molecule has 1 aliphatic heterocycles. The SMILES string of the molecule is CC.CNC(=O)CCOC1CC2(C1)CN(C)C2. The minimum atomic E-state index is 0.0624. The summed E-state index contributed by atoms with van der Waals surface area (Å²) in [5.41, 5.74) is 0.576. The molecule has 1 amide bonds. The molecule has 1 spiro atoms. The van der Waals surface area contributed by atoms with Crippen LogP contribution in [0.5, 0.6) is 0 Å². The van der Waals surface area contributed by atoms with Crippen LogP contribution in [0.25, 0.3) is 0 Å². The Hall–Kier alpha value is -0.610. The second kappa shape index (κ2) is 6.36. The molecule has 4 heteroatoms. The molecule has 2 fully saturated rings. The maximum Gasteiger partial charge on any atom is 0.222 e. The molecule has 0 aromatic carbocycles. The molecule has 1 heterocycles. The fourth-order valence-electron chi connectivity index (χ4n) is 2.82. The van der Waals surface area contributed by atoms with Gasteiger partial charge in [0.2, 0.25) is 5.91 Å². The molecule has 17 heavy (non-hydrogen) atoms. The lowest BCUT2D eigenvalue weighted by atomic mass is 9.62. The van der Waals surface area contributed by atoms with Crippen LogP contribution in [-0.4, -0.2) is 50.7 Å². The molecule has 100 valence electrons. The van der Waals surface area contributed by atoms with Crippen molar-refractivity contribution in [2.24, 2.45) is 5.41 Å². The van der Waals surface area contributed by atoms with Crippen molar-refractivity contribution in [2.75, 3.05) is 33.8 Å². The Bertz CT molecular complexity index is 242. The lowest BCUT2D eigenvalue weighted by Crippen LogP contribution is -2.62. The number of nitrogens with zero attached hydrogens (tertiary/aromatic N) is 1. The largest absolute Gasteiger partial charge is 0.378 e. The summed E-state index contributed by atoms with van der Waals surface area (Å²) >= 11 is 0. The van der Waals surface area contributed by atoms with Crippen LogP contribution in [0.2, 0.25) is 0 Å². The number of likely N-dealkylation sites (tertiary alicyclic amines) is 1. The Labute approximate surface area is 105 Å². The number of amides is 1. The first-order valence-electron chi connectivity index (χ1n) is 6.64.